The molecular weight excluding hydrogens is 274 g/mol. The predicted molar refractivity (Wildman–Crippen MR) is 89.3 cm³/mol. The number of benzene rings is 1. The second-order valence-electron chi connectivity index (χ2n) is 6.42. The average Bonchev–Trinajstić information content (AvgIpc) is 2.90. The molecule has 0 aliphatic heterocycles. The van der Waals surface area contributed by atoms with Crippen LogP contribution in [0.3, 0.4) is 0 Å². The van der Waals surface area contributed by atoms with Crippen molar-refractivity contribution in [1.82, 2.24) is 4.98 Å². The molecule has 2 N–H and O–H groups in total. The smallest absolute Gasteiger partial charge is 0.304 e. The molecule has 3 nitrogen and oxygen atoms in total. The third-order valence-electron chi connectivity index (χ3n) is 5.27. The molecule has 2 atom stereocenters. The molecule has 3 heteroatoms. The average molecular weight is 297 g/mol. The number of carboxylic acids is 1. The lowest BCUT2D eigenvalue weighted by molar-refractivity contribution is -0.138. The highest BCUT2D eigenvalue weighted by molar-refractivity contribution is 5.86. The van der Waals surface area contributed by atoms with Gasteiger partial charge in [0, 0.05) is 22.0 Å². The van der Waals surface area contributed by atoms with Gasteiger partial charge in [0.15, 0.2) is 0 Å². The SMILES string of the molecule is C=CC[C@H]1CCC(CC)(CC(=O)O)c2[nH]c3ccccc3c21. The Kier molecular flexibility index (Phi) is 3.81. The number of rotatable bonds is 5. The zero-order chi connectivity index (χ0) is 15.7. The molecule has 1 aromatic carbocycles. The van der Waals surface area contributed by atoms with E-state index in [9.17, 15) is 9.90 Å². The van der Waals surface area contributed by atoms with Gasteiger partial charge in [0.25, 0.3) is 0 Å². The Hall–Kier alpha value is -2.03. The summed E-state index contributed by atoms with van der Waals surface area (Å²) >= 11 is 0. The number of hydrogen-bond acceptors (Lipinski definition) is 1. The van der Waals surface area contributed by atoms with Gasteiger partial charge in [-0.2, -0.15) is 0 Å². The predicted octanol–water partition coefficient (Wildman–Crippen LogP) is 4.74. The summed E-state index contributed by atoms with van der Waals surface area (Å²) in [6.45, 7) is 6.00. The van der Waals surface area contributed by atoms with Crippen LogP contribution in [0, 0.1) is 0 Å². The van der Waals surface area contributed by atoms with Gasteiger partial charge < -0.3 is 10.1 Å². The van der Waals surface area contributed by atoms with Gasteiger partial charge in [-0.05, 0) is 43.2 Å². The van der Waals surface area contributed by atoms with Crippen LogP contribution >= 0.6 is 0 Å². The summed E-state index contributed by atoms with van der Waals surface area (Å²) in [6, 6.07) is 8.31. The Labute approximate surface area is 131 Å². The fourth-order valence-electron chi connectivity index (χ4n) is 4.11. The summed E-state index contributed by atoms with van der Waals surface area (Å²) < 4.78 is 0. The molecule has 0 saturated heterocycles. The summed E-state index contributed by atoms with van der Waals surface area (Å²) in [4.78, 5) is 15.0. The second kappa shape index (κ2) is 5.64. The number of aromatic amines is 1. The van der Waals surface area contributed by atoms with E-state index in [1.807, 2.05) is 12.1 Å². The highest BCUT2D eigenvalue weighted by Gasteiger charge is 2.42. The van der Waals surface area contributed by atoms with E-state index in [4.69, 9.17) is 0 Å². The van der Waals surface area contributed by atoms with Crippen LogP contribution in [0.4, 0.5) is 0 Å². The lowest BCUT2D eigenvalue weighted by Gasteiger charge is -2.38. The molecule has 1 aromatic heterocycles. The van der Waals surface area contributed by atoms with Gasteiger partial charge in [-0.1, -0.05) is 31.2 Å². The van der Waals surface area contributed by atoms with Crippen LogP contribution in [-0.4, -0.2) is 16.1 Å². The molecule has 0 bridgehead atoms. The van der Waals surface area contributed by atoms with Gasteiger partial charge in [-0.3, -0.25) is 4.79 Å². The molecule has 0 amide bonds. The molecule has 1 aliphatic carbocycles. The van der Waals surface area contributed by atoms with E-state index in [0.717, 1.165) is 36.9 Å². The van der Waals surface area contributed by atoms with Crippen molar-refractivity contribution in [2.75, 3.05) is 0 Å². The lowest BCUT2D eigenvalue weighted by atomic mass is 9.65. The van der Waals surface area contributed by atoms with E-state index in [2.05, 4.69) is 36.7 Å². The topological polar surface area (TPSA) is 53.1 Å². The normalized spacial score (nSPS) is 24.1. The monoisotopic (exact) mass is 297 g/mol. The summed E-state index contributed by atoms with van der Waals surface area (Å²) in [5, 5.41) is 10.6. The minimum atomic E-state index is -0.714. The van der Waals surface area contributed by atoms with Crippen molar-refractivity contribution in [3.63, 3.8) is 0 Å². The third kappa shape index (κ3) is 2.25. The maximum atomic E-state index is 11.4. The van der Waals surface area contributed by atoms with E-state index < -0.39 is 5.97 Å². The first kappa shape index (κ1) is 14.9. The van der Waals surface area contributed by atoms with Crippen molar-refractivity contribution in [2.24, 2.45) is 0 Å². The summed E-state index contributed by atoms with van der Waals surface area (Å²) in [5.74, 6) is -0.272. The van der Waals surface area contributed by atoms with E-state index >= 15 is 0 Å². The number of allylic oxidation sites excluding steroid dienone is 1. The minimum absolute atomic E-state index is 0.199. The quantitative estimate of drug-likeness (QED) is 0.783. The second-order valence-corrected chi connectivity index (χ2v) is 6.42. The van der Waals surface area contributed by atoms with Gasteiger partial charge in [0.05, 0.1) is 6.42 Å². The van der Waals surface area contributed by atoms with Crippen LogP contribution in [-0.2, 0) is 10.2 Å². The van der Waals surface area contributed by atoms with Gasteiger partial charge >= 0.3 is 5.97 Å². The van der Waals surface area contributed by atoms with Crippen molar-refractivity contribution in [3.05, 3.63) is 48.2 Å². The Morgan fingerprint density at radius 2 is 2.27 bits per heavy atom. The molecule has 22 heavy (non-hydrogen) atoms. The Morgan fingerprint density at radius 3 is 2.95 bits per heavy atom. The van der Waals surface area contributed by atoms with E-state index in [-0.39, 0.29) is 11.8 Å². The number of aromatic nitrogens is 1. The molecule has 0 saturated carbocycles. The fourth-order valence-corrected chi connectivity index (χ4v) is 4.11. The van der Waals surface area contributed by atoms with Crippen LogP contribution in [0.25, 0.3) is 10.9 Å². The number of aliphatic carboxylic acids is 1. The molecule has 116 valence electrons. The molecule has 0 spiro atoms. The number of fused-ring (bicyclic) bond motifs is 3. The highest BCUT2D eigenvalue weighted by atomic mass is 16.4. The van der Waals surface area contributed by atoms with Crippen molar-refractivity contribution in [2.45, 2.75) is 50.4 Å². The van der Waals surface area contributed by atoms with E-state index in [1.165, 1.54) is 10.9 Å². The first-order valence-corrected chi connectivity index (χ1v) is 8.05. The fraction of sp³-hybridized carbons (Fsp3) is 0.421. The largest absolute Gasteiger partial charge is 0.481 e. The van der Waals surface area contributed by atoms with Gasteiger partial charge in [-0.15, -0.1) is 6.58 Å². The number of para-hydroxylation sites is 1. The van der Waals surface area contributed by atoms with Crippen LogP contribution in [0.15, 0.2) is 36.9 Å². The van der Waals surface area contributed by atoms with Gasteiger partial charge in [0.2, 0.25) is 0 Å². The number of carboxylic acid groups (broad SMARTS) is 1. The maximum Gasteiger partial charge on any atom is 0.304 e. The standard InChI is InChI=1S/C19H23NO2/c1-3-7-13-10-11-19(4-2,12-16(21)22)18-17(13)14-8-5-6-9-15(14)20-18/h3,5-6,8-9,13,20H,1,4,7,10-12H2,2H3,(H,21,22)/t13-,19?/m0/s1. The number of nitrogens with one attached hydrogen (secondary N) is 1. The number of H-pyrrole nitrogens is 1. The molecule has 0 radical (unpaired) electrons. The molecular formula is C19H23NO2. The number of hydrogen-bond donors (Lipinski definition) is 2. The van der Waals surface area contributed by atoms with Crippen LogP contribution in [0.2, 0.25) is 0 Å². The zero-order valence-electron chi connectivity index (χ0n) is 13.1. The lowest BCUT2D eigenvalue weighted by Crippen LogP contribution is -2.34. The molecule has 2 aromatic rings. The molecule has 1 aliphatic rings. The molecule has 3 rings (SSSR count). The number of carbonyl (C=O) groups is 1. The van der Waals surface area contributed by atoms with Crippen molar-refractivity contribution in [1.29, 1.82) is 0 Å². The van der Waals surface area contributed by atoms with Gasteiger partial charge in [0.1, 0.15) is 0 Å². The van der Waals surface area contributed by atoms with Gasteiger partial charge in [-0.25, -0.2) is 0 Å². The summed E-state index contributed by atoms with van der Waals surface area (Å²) in [7, 11) is 0. The highest BCUT2D eigenvalue weighted by Crippen LogP contribution is 2.50. The van der Waals surface area contributed by atoms with Crippen molar-refractivity contribution >= 4 is 16.9 Å². The minimum Gasteiger partial charge on any atom is -0.481 e. The molecule has 1 heterocycles. The zero-order valence-corrected chi connectivity index (χ0v) is 13.1. The van der Waals surface area contributed by atoms with Crippen molar-refractivity contribution < 1.29 is 9.90 Å². The van der Waals surface area contributed by atoms with E-state index in [0.29, 0.717) is 5.92 Å². The maximum absolute atomic E-state index is 11.4. The first-order valence-electron chi connectivity index (χ1n) is 8.05. The van der Waals surface area contributed by atoms with Crippen LogP contribution < -0.4 is 0 Å². The summed E-state index contributed by atoms with van der Waals surface area (Å²) in [5.41, 5.74) is 3.32. The summed E-state index contributed by atoms with van der Waals surface area (Å²) in [6.07, 6.45) is 5.92. The molecule has 0 fully saturated rings. The Balaban J connectivity index is 2.22. The Bertz CT molecular complexity index is 715. The first-order chi connectivity index (χ1) is 10.6. The Morgan fingerprint density at radius 1 is 1.50 bits per heavy atom. The van der Waals surface area contributed by atoms with Crippen LogP contribution in [0.5, 0.6) is 0 Å². The molecule has 1 unspecified atom stereocenters. The van der Waals surface area contributed by atoms with Crippen LogP contribution in [0.1, 0.15) is 56.2 Å². The van der Waals surface area contributed by atoms with Crippen molar-refractivity contribution in [3.8, 4) is 0 Å². The van der Waals surface area contributed by atoms with E-state index in [1.54, 1.807) is 0 Å². The third-order valence-corrected chi connectivity index (χ3v) is 5.27.